The summed E-state index contributed by atoms with van der Waals surface area (Å²) in [5, 5.41) is 0. The highest BCUT2D eigenvalue weighted by Gasteiger charge is 2.30. The Balaban J connectivity index is 1.94. The predicted molar refractivity (Wildman–Crippen MR) is 93.5 cm³/mol. The number of rotatable bonds is 7. The monoisotopic (exact) mass is 316 g/mol. The van der Waals surface area contributed by atoms with Gasteiger partial charge in [0.1, 0.15) is 0 Å². The van der Waals surface area contributed by atoms with Gasteiger partial charge in [0.25, 0.3) is 0 Å². The van der Waals surface area contributed by atoms with E-state index in [1.54, 1.807) is 11.8 Å². The Labute approximate surface area is 139 Å². The van der Waals surface area contributed by atoms with E-state index < -0.39 is 0 Å². The highest BCUT2D eigenvalue weighted by molar-refractivity contribution is 5.96. The molecule has 1 atom stereocenters. The van der Waals surface area contributed by atoms with Crippen LogP contribution in [0.1, 0.15) is 52.0 Å². The second kappa shape index (κ2) is 8.14. The molecule has 23 heavy (non-hydrogen) atoms. The molecule has 1 aliphatic rings. The van der Waals surface area contributed by atoms with Crippen LogP contribution in [-0.4, -0.2) is 35.8 Å². The molecule has 4 heteroatoms. The number of amides is 2. The van der Waals surface area contributed by atoms with Crippen LogP contribution in [0, 0.1) is 0 Å². The Hall–Kier alpha value is -1.84. The molecule has 0 N–H and O–H groups in total. The molecule has 1 heterocycles. The van der Waals surface area contributed by atoms with E-state index in [-0.39, 0.29) is 17.9 Å². The summed E-state index contributed by atoms with van der Waals surface area (Å²) in [5.74, 6) is 0.174. The Bertz CT molecular complexity index is 556. The third-order valence-corrected chi connectivity index (χ3v) is 4.55. The number of benzene rings is 1. The Kier molecular flexibility index (Phi) is 6.20. The molecule has 2 rings (SSSR count). The fourth-order valence-corrected chi connectivity index (χ4v) is 3.28. The molecule has 2 amide bonds. The summed E-state index contributed by atoms with van der Waals surface area (Å²) in [7, 11) is 0. The van der Waals surface area contributed by atoms with Crippen LogP contribution in [0.5, 0.6) is 0 Å². The molecule has 1 aromatic rings. The maximum Gasteiger partial charge on any atom is 0.229 e. The predicted octanol–water partition coefficient (Wildman–Crippen LogP) is 3.39. The maximum atomic E-state index is 12.7. The lowest BCUT2D eigenvalue weighted by Crippen LogP contribution is -2.39. The van der Waals surface area contributed by atoms with Gasteiger partial charge >= 0.3 is 0 Å². The number of hydrogen-bond acceptors (Lipinski definition) is 2. The van der Waals surface area contributed by atoms with E-state index in [1.165, 1.54) is 5.56 Å². The summed E-state index contributed by atoms with van der Waals surface area (Å²) in [6.45, 7) is 7.09. The van der Waals surface area contributed by atoms with E-state index in [0.717, 1.165) is 37.9 Å². The van der Waals surface area contributed by atoms with Crippen LogP contribution >= 0.6 is 0 Å². The van der Waals surface area contributed by atoms with Crippen LogP contribution in [0.3, 0.4) is 0 Å². The first kappa shape index (κ1) is 17.5. The van der Waals surface area contributed by atoms with Crippen LogP contribution in [0.15, 0.2) is 24.3 Å². The van der Waals surface area contributed by atoms with Crippen LogP contribution in [0.25, 0.3) is 0 Å². The molecule has 0 saturated carbocycles. The minimum atomic E-state index is 0.0590. The van der Waals surface area contributed by atoms with Gasteiger partial charge in [-0.15, -0.1) is 0 Å². The molecule has 1 aromatic carbocycles. The molecule has 0 aromatic heterocycles. The average molecular weight is 316 g/mol. The molecule has 0 aliphatic carbocycles. The van der Waals surface area contributed by atoms with Gasteiger partial charge in [0, 0.05) is 38.2 Å². The molecular weight excluding hydrogens is 288 g/mol. The summed E-state index contributed by atoms with van der Waals surface area (Å²) in [4.78, 5) is 28.1. The van der Waals surface area contributed by atoms with E-state index in [1.807, 2.05) is 23.1 Å². The number of nitrogens with zero attached hydrogens (tertiary/aromatic N) is 2. The summed E-state index contributed by atoms with van der Waals surface area (Å²) in [5.41, 5.74) is 2.27. The molecule has 0 fully saturated rings. The lowest BCUT2D eigenvalue weighted by atomic mass is 10.1. The summed E-state index contributed by atoms with van der Waals surface area (Å²) in [6.07, 6.45) is 4.56. The maximum absolute atomic E-state index is 12.7. The van der Waals surface area contributed by atoms with Crippen molar-refractivity contribution in [1.29, 1.82) is 0 Å². The van der Waals surface area contributed by atoms with Crippen LogP contribution in [0.4, 0.5) is 5.69 Å². The SMILES string of the molecule is CCCCCN(CCC(=O)N1c2ccccc2CC1C)C(C)=O. The van der Waals surface area contributed by atoms with E-state index in [2.05, 4.69) is 19.9 Å². The largest absolute Gasteiger partial charge is 0.342 e. The van der Waals surface area contributed by atoms with Crippen LogP contribution < -0.4 is 4.90 Å². The van der Waals surface area contributed by atoms with Gasteiger partial charge in [-0.1, -0.05) is 38.0 Å². The molecule has 0 bridgehead atoms. The normalized spacial score (nSPS) is 16.3. The fourth-order valence-electron chi connectivity index (χ4n) is 3.28. The number of fused-ring (bicyclic) bond motifs is 1. The fraction of sp³-hybridized carbons (Fsp3) is 0.579. The third-order valence-electron chi connectivity index (χ3n) is 4.55. The van der Waals surface area contributed by atoms with Gasteiger partial charge in [-0.2, -0.15) is 0 Å². The molecule has 126 valence electrons. The summed E-state index contributed by atoms with van der Waals surface area (Å²) < 4.78 is 0. The second-order valence-corrected chi connectivity index (χ2v) is 6.41. The van der Waals surface area contributed by atoms with Crippen molar-refractivity contribution in [3.8, 4) is 0 Å². The number of unbranched alkanes of at least 4 members (excludes halogenated alkanes) is 2. The van der Waals surface area contributed by atoms with E-state index >= 15 is 0 Å². The van der Waals surface area contributed by atoms with Crippen molar-refractivity contribution >= 4 is 17.5 Å². The van der Waals surface area contributed by atoms with Gasteiger partial charge in [-0.05, 0) is 31.4 Å². The molecule has 0 radical (unpaired) electrons. The van der Waals surface area contributed by atoms with Crippen molar-refractivity contribution < 1.29 is 9.59 Å². The van der Waals surface area contributed by atoms with Gasteiger partial charge in [-0.3, -0.25) is 9.59 Å². The Morgan fingerprint density at radius 1 is 1.22 bits per heavy atom. The zero-order valence-electron chi connectivity index (χ0n) is 14.5. The number of anilines is 1. The topological polar surface area (TPSA) is 40.6 Å². The zero-order chi connectivity index (χ0) is 16.8. The first-order valence-electron chi connectivity index (χ1n) is 8.70. The van der Waals surface area contributed by atoms with Gasteiger partial charge in [0.15, 0.2) is 0 Å². The molecular formula is C19H28N2O2. The number of carbonyl (C=O) groups is 2. The van der Waals surface area contributed by atoms with Gasteiger partial charge in [0.05, 0.1) is 0 Å². The number of hydrogen-bond donors (Lipinski definition) is 0. The highest BCUT2D eigenvalue weighted by Crippen LogP contribution is 2.32. The van der Waals surface area contributed by atoms with E-state index in [9.17, 15) is 9.59 Å². The molecule has 0 saturated heterocycles. The number of para-hydroxylation sites is 1. The van der Waals surface area contributed by atoms with Crippen LogP contribution in [-0.2, 0) is 16.0 Å². The van der Waals surface area contributed by atoms with E-state index in [4.69, 9.17) is 0 Å². The van der Waals surface area contributed by atoms with Crippen molar-refractivity contribution in [2.24, 2.45) is 0 Å². The minimum Gasteiger partial charge on any atom is -0.342 e. The quantitative estimate of drug-likeness (QED) is 0.723. The molecule has 1 unspecified atom stereocenters. The van der Waals surface area contributed by atoms with Crippen molar-refractivity contribution in [3.05, 3.63) is 29.8 Å². The zero-order valence-corrected chi connectivity index (χ0v) is 14.5. The van der Waals surface area contributed by atoms with Crippen LogP contribution in [0.2, 0.25) is 0 Å². The lowest BCUT2D eigenvalue weighted by molar-refractivity contribution is -0.129. The summed E-state index contributed by atoms with van der Waals surface area (Å²) >= 11 is 0. The van der Waals surface area contributed by atoms with Gasteiger partial charge in [0.2, 0.25) is 11.8 Å². The van der Waals surface area contributed by atoms with Crippen molar-refractivity contribution in [1.82, 2.24) is 4.90 Å². The standard InChI is InChI=1S/C19H28N2O2/c1-4-5-8-12-20(16(3)22)13-11-19(23)21-15(2)14-17-9-6-7-10-18(17)21/h6-7,9-10,15H,4-5,8,11-14H2,1-3H3. The van der Waals surface area contributed by atoms with Crippen molar-refractivity contribution in [2.75, 3.05) is 18.0 Å². The number of carbonyl (C=O) groups excluding carboxylic acids is 2. The Morgan fingerprint density at radius 2 is 1.96 bits per heavy atom. The Morgan fingerprint density at radius 3 is 2.65 bits per heavy atom. The van der Waals surface area contributed by atoms with Gasteiger partial charge in [-0.25, -0.2) is 0 Å². The average Bonchev–Trinajstić information content (AvgIpc) is 2.85. The van der Waals surface area contributed by atoms with Crippen molar-refractivity contribution in [3.63, 3.8) is 0 Å². The van der Waals surface area contributed by atoms with E-state index in [0.29, 0.717) is 13.0 Å². The summed E-state index contributed by atoms with van der Waals surface area (Å²) in [6, 6.07) is 8.30. The second-order valence-electron chi connectivity index (χ2n) is 6.41. The van der Waals surface area contributed by atoms with Crippen molar-refractivity contribution in [2.45, 2.75) is 58.9 Å². The van der Waals surface area contributed by atoms with Gasteiger partial charge < -0.3 is 9.80 Å². The lowest BCUT2D eigenvalue weighted by Gasteiger charge is -2.25. The first-order chi connectivity index (χ1) is 11.0. The highest BCUT2D eigenvalue weighted by atomic mass is 16.2. The third kappa shape index (κ3) is 4.34. The molecule has 0 spiro atoms. The minimum absolute atomic E-state index is 0.0590. The smallest absolute Gasteiger partial charge is 0.229 e. The molecule has 4 nitrogen and oxygen atoms in total. The first-order valence-corrected chi connectivity index (χ1v) is 8.70. The molecule has 1 aliphatic heterocycles.